The summed E-state index contributed by atoms with van der Waals surface area (Å²) >= 11 is 0. The van der Waals surface area contributed by atoms with Gasteiger partial charge in [0.2, 0.25) is 0 Å². The molecule has 0 amide bonds. The molecule has 2 saturated heterocycles. The van der Waals surface area contributed by atoms with Crippen LogP contribution in [-0.4, -0.2) is 43.7 Å². The Morgan fingerprint density at radius 2 is 2.24 bits per heavy atom. The van der Waals surface area contributed by atoms with Gasteiger partial charge in [-0.2, -0.15) is 0 Å². The normalized spacial score (nSPS) is 29.1. The Bertz CT molecular complexity index is 491. The van der Waals surface area contributed by atoms with Crippen LogP contribution in [0.2, 0.25) is 0 Å². The smallest absolute Gasteiger partial charge is 0.314 e. The van der Waals surface area contributed by atoms with Crippen LogP contribution in [0.15, 0.2) is 30.3 Å². The van der Waals surface area contributed by atoms with Crippen molar-refractivity contribution in [3.8, 4) is 0 Å². The average Bonchev–Trinajstić information content (AvgIpc) is 2.48. The molecule has 3 rings (SSSR count). The van der Waals surface area contributed by atoms with Gasteiger partial charge in [0.15, 0.2) is 0 Å². The monoisotopic (exact) mass is 288 g/mol. The van der Waals surface area contributed by atoms with Gasteiger partial charge in [0.05, 0.1) is 12.0 Å². The third-order valence-corrected chi connectivity index (χ3v) is 4.58. The Morgan fingerprint density at radius 1 is 1.43 bits per heavy atom. The molecule has 2 bridgehead atoms. The molecule has 4 nitrogen and oxygen atoms in total. The predicted octanol–water partition coefficient (Wildman–Crippen LogP) is 1.66. The van der Waals surface area contributed by atoms with Crippen molar-refractivity contribution in [2.24, 2.45) is 11.3 Å². The number of carbonyl (C=O) groups excluding carboxylic acids is 1. The van der Waals surface area contributed by atoms with Gasteiger partial charge in [-0.1, -0.05) is 30.3 Å². The van der Waals surface area contributed by atoms with Crippen molar-refractivity contribution in [1.82, 2.24) is 10.2 Å². The van der Waals surface area contributed by atoms with Crippen LogP contribution in [0.4, 0.5) is 0 Å². The minimum Gasteiger partial charge on any atom is -0.465 e. The number of nitrogens with one attached hydrogen (secondary N) is 1. The van der Waals surface area contributed by atoms with Crippen LogP contribution in [0.5, 0.6) is 0 Å². The van der Waals surface area contributed by atoms with Gasteiger partial charge in [-0.05, 0) is 31.4 Å². The molecule has 0 aromatic heterocycles. The number of hydrogen-bond donors (Lipinski definition) is 1. The first kappa shape index (κ1) is 14.5. The lowest BCUT2D eigenvalue weighted by molar-refractivity contribution is -0.162. The van der Waals surface area contributed by atoms with Crippen molar-refractivity contribution in [1.29, 1.82) is 0 Å². The number of hydrogen-bond acceptors (Lipinski definition) is 4. The van der Waals surface area contributed by atoms with Gasteiger partial charge in [-0.3, -0.25) is 9.69 Å². The maximum absolute atomic E-state index is 12.4. The molecule has 0 spiro atoms. The molecule has 2 unspecified atom stereocenters. The van der Waals surface area contributed by atoms with E-state index < -0.39 is 0 Å². The van der Waals surface area contributed by atoms with E-state index in [0.29, 0.717) is 12.5 Å². The zero-order valence-electron chi connectivity index (χ0n) is 12.7. The molecule has 21 heavy (non-hydrogen) atoms. The van der Waals surface area contributed by atoms with Gasteiger partial charge in [-0.25, -0.2) is 0 Å². The molecule has 114 valence electrons. The molecule has 0 aliphatic carbocycles. The van der Waals surface area contributed by atoms with Crippen molar-refractivity contribution in [3.05, 3.63) is 35.9 Å². The second-order valence-electron chi connectivity index (χ2n) is 6.36. The number of nitrogens with zero attached hydrogens (tertiary/aromatic N) is 1. The first-order valence-corrected chi connectivity index (χ1v) is 7.86. The van der Waals surface area contributed by atoms with Crippen LogP contribution in [0.25, 0.3) is 0 Å². The van der Waals surface area contributed by atoms with E-state index >= 15 is 0 Å². The van der Waals surface area contributed by atoms with E-state index in [-0.39, 0.29) is 11.4 Å². The number of benzene rings is 1. The standard InChI is InChI=1S/C17H24N2O2/c1-2-21-16(20)17-8-15(9-18-12-17)11-19(13-17)10-14-6-4-3-5-7-14/h3-7,15,18H,2,8-13H2,1H3. The van der Waals surface area contributed by atoms with Gasteiger partial charge in [0, 0.05) is 26.2 Å². The molecule has 0 saturated carbocycles. The first-order chi connectivity index (χ1) is 10.2. The second kappa shape index (κ2) is 6.16. The summed E-state index contributed by atoms with van der Waals surface area (Å²) in [4.78, 5) is 14.9. The highest BCUT2D eigenvalue weighted by atomic mass is 16.5. The van der Waals surface area contributed by atoms with E-state index in [0.717, 1.165) is 39.1 Å². The molecule has 2 fully saturated rings. The Morgan fingerprint density at radius 3 is 3.00 bits per heavy atom. The fourth-order valence-corrected chi connectivity index (χ4v) is 3.79. The molecule has 2 atom stereocenters. The molecule has 1 aromatic rings. The summed E-state index contributed by atoms with van der Waals surface area (Å²) in [5, 5.41) is 3.42. The van der Waals surface area contributed by atoms with Crippen molar-refractivity contribution < 1.29 is 9.53 Å². The maximum Gasteiger partial charge on any atom is 0.314 e. The summed E-state index contributed by atoms with van der Waals surface area (Å²) in [7, 11) is 0. The topological polar surface area (TPSA) is 41.6 Å². The van der Waals surface area contributed by atoms with Gasteiger partial charge in [0.25, 0.3) is 0 Å². The minimum atomic E-state index is -0.355. The zero-order chi connectivity index (χ0) is 14.7. The third-order valence-electron chi connectivity index (χ3n) is 4.58. The highest BCUT2D eigenvalue weighted by molar-refractivity contribution is 5.78. The number of piperidine rings is 2. The highest BCUT2D eigenvalue weighted by Gasteiger charge is 2.48. The third kappa shape index (κ3) is 3.11. The van der Waals surface area contributed by atoms with Crippen molar-refractivity contribution in [3.63, 3.8) is 0 Å². The SMILES string of the molecule is CCOC(=O)C12CNCC(CN(Cc3ccccc3)C1)C2. The lowest BCUT2D eigenvalue weighted by atomic mass is 9.72. The summed E-state index contributed by atoms with van der Waals surface area (Å²) in [6.45, 7) is 6.86. The Balaban J connectivity index is 1.74. The summed E-state index contributed by atoms with van der Waals surface area (Å²) < 4.78 is 5.35. The fourth-order valence-electron chi connectivity index (χ4n) is 3.79. The Labute approximate surface area is 126 Å². The number of esters is 1. The largest absolute Gasteiger partial charge is 0.465 e. The van der Waals surface area contributed by atoms with Crippen LogP contribution in [-0.2, 0) is 16.1 Å². The van der Waals surface area contributed by atoms with Crippen molar-refractivity contribution >= 4 is 5.97 Å². The van der Waals surface area contributed by atoms with E-state index in [1.165, 1.54) is 5.56 Å². The molecular weight excluding hydrogens is 264 g/mol. The number of carbonyl (C=O) groups is 1. The number of ether oxygens (including phenoxy) is 1. The predicted molar refractivity (Wildman–Crippen MR) is 81.8 cm³/mol. The number of fused-ring (bicyclic) bond motifs is 2. The summed E-state index contributed by atoms with van der Waals surface area (Å²) in [5.74, 6) is 0.514. The molecule has 2 aliphatic rings. The molecule has 0 radical (unpaired) electrons. The second-order valence-corrected chi connectivity index (χ2v) is 6.36. The molecular formula is C17H24N2O2. The minimum absolute atomic E-state index is 0.0278. The quantitative estimate of drug-likeness (QED) is 0.856. The van der Waals surface area contributed by atoms with Gasteiger partial charge in [-0.15, -0.1) is 0 Å². The number of rotatable bonds is 4. The molecule has 1 aromatic carbocycles. The molecule has 2 heterocycles. The van der Waals surface area contributed by atoms with E-state index in [2.05, 4.69) is 34.5 Å². The lowest BCUT2D eigenvalue weighted by Crippen LogP contribution is -2.61. The fraction of sp³-hybridized carbons (Fsp3) is 0.588. The van der Waals surface area contributed by atoms with Crippen LogP contribution in [0.1, 0.15) is 18.9 Å². The summed E-state index contributed by atoms with van der Waals surface area (Å²) in [6, 6.07) is 10.5. The van der Waals surface area contributed by atoms with E-state index in [1.54, 1.807) is 0 Å². The van der Waals surface area contributed by atoms with Crippen molar-refractivity contribution in [2.45, 2.75) is 19.9 Å². The average molecular weight is 288 g/mol. The van der Waals surface area contributed by atoms with Crippen LogP contribution < -0.4 is 5.32 Å². The first-order valence-electron chi connectivity index (χ1n) is 7.86. The van der Waals surface area contributed by atoms with Gasteiger partial charge in [0.1, 0.15) is 0 Å². The Hall–Kier alpha value is -1.39. The molecule has 4 heteroatoms. The summed E-state index contributed by atoms with van der Waals surface area (Å²) in [5.41, 5.74) is 0.954. The van der Waals surface area contributed by atoms with Crippen LogP contribution >= 0.6 is 0 Å². The van der Waals surface area contributed by atoms with E-state index in [1.807, 2.05) is 13.0 Å². The maximum atomic E-state index is 12.4. The van der Waals surface area contributed by atoms with Crippen LogP contribution in [0.3, 0.4) is 0 Å². The van der Waals surface area contributed by atoms with Gasteiger partial charge < -0.3 is 10.1 Å². The zero-order valence-corrected chi connectivity index (χ0v) is 12.7. The lowest BCUT2D eigenvalue weighted by Gasteiger charge is -2.48. The molecule has 2 aliphatic heterocycles. The summed E-state index contributed by atoms with van der Waals surface area (Å²) in [6.07, 6.45) is 0.962. The highest BCUT2D eigenvalue weighted by Crippen LogP contribution is 2.37. The van der Waals surface area contributed by atoms with Crippen LogP contribution in [0, 0.1) is 11.3 Å². The molecule has 1 N–H and O–H groups in total. The van der Waals surface area contributed by atoms with Crippen molar-refractivity contribution in [2.75, 3.05) is 32.8 Å². The van der Waals surface area contributed by atoms with Gasteiger partial charge >= 0.3 is 5.97 Å². The Kier molecular flexibility index (Phi) is 4.27. The van der Waals surface area contributed by atoms with E-state index in [9.17, 15) is 4.79 Å². The van der Waals surface area contributed by atoms with E-state index in [4.69, 9.17) is 4.74 Å². The number of likely N-dealkylation sites (tertiary alicyclic amines) is 1.